The highest BCUT2D eigenvalue weighted by Crippen LogP contribution is 2.35. The SMILES string of the molecule is Cc1ccc2c(c1)N/C(=C1/CCN(c3ccccc3)C1=N)N2. The van der Waals surface area contributed by atoms with E-state index in [0.717, 1.165) is 41.4 Å². The Morgan fingerprint density at radius 1 is 1.00 bits per heavy atom. The maximum absolute atomic E-state index is 8.50. The molecule has 2 heterocycles. The smallest absolute Gasteiger partial charge is 0.132 e. The van der Waals surface area contributed by atoms with E-state index in [1.165, 1.54) is 5.56 Å². The quantitative estimate of drug-likeness (QED) is 0.746. The van der Waals surface area contributed by atoms with E-state index in [4.69, 9.17) is 5.41 Å². The van der Waals surface area contributed by atoms with Gasteiger partial charge in [-0.15, -0.1) is 0 Å². The number of benzene rings is 2. The number of anilines is 3. The number of amidine groups is 1. The fourth-order valence-electron chi connectivity index (χ4n) is 3.05. The molecule has 0 bridgehead atoms. The predicted molar refractivity (Wildman–Crippen MR) is 91.6 cm³/mol. The first-order chi connectivity index (χ1) is 10.7. The van der Waals surface area contributed by atoms with Crippen molar-refractivity contribution in [3.05, 3.63) is 65.5 Å². The van der Waals surface area contributed by atoms with Crippen molar-refractivity contribution in [2.75, 3.05) is 22.1 Å². The van der Waals surface area contributed by atoms with Crippen LogP contribution in [0, 0.1) is 12.3 Å². The first kappa shape index (κ1) is 13.0. The lowest BCUT2D eigenvalue weighted by Gasteiger charge is -2.17. The summed E-state index contributed by atoms with van der Waals surface area (Å²) in [5.74, 6) is 1.52. The zero-order valence-corrected chi connectivity index (χ0v) is 12.5. The highest BCUT2D eigenvalue weighted by atomic mass is 15.2. The van der Waals surface area contributed by atoms with Crippen molar-refractivity contribution in [1.82, 2.24) is 0 Å². The molecule has 2 aliphatic heterocycles. The average Bonchev–Trinajstić information content (AvgIpc) is 3.10. The number of fused-ring (bicyclic) bond motifs is 1. The van der Waals surface area contributed by atoms with Gasteiger partial charge in [0, 0.05) is 17.8 Å². The fourth-order valence-corrected chi connectivity index (χ4v) is 3.05. The first-order valence-electron chi connectivity index (χ1n) is 7.52. The monoisotopic (exact) mass is 290 g/mol. The molecular formula is C18H18N4. The molecule has 0 aromatic heterocycles. The molecule has 4 heteroatoms. The van der Waals surface area contributed by atoms with Crippen molar-refractivity contribution < 1.29 is 0 Å². The van der Waals surface area contributed by atoms with Gasteiger partial charge in [-0.05, 0) is 43.2 Å². The molecule has 0 aliphatic carbocycles. The van der Waals surface area contributed by atoms with Crippen LogP contribution in [0.1, 0.15) is 12.0 Å². The molecule has 22 heavy (non-hydrogen) atoms. The molecule has 1 fully saturated rings. The summed E-state index contributed by atoms with van der Waals surface area (Å²) in [6, 6.07) is 16.4. The Kier molecular flexibility index (Phi) is 2.89. The molecule has 0 unspecified atom stereocenters. The Labute approximate surface area is 130 Å². The fraction of sp³-hybridized carbons (Fsp3) is 0.167. The topological polar surface area (TPSA) is 51.2 Å². The molecule has 0 saturated carbocycles. The molecule has 2 aromatic rings. The van der Waals surface area contributed by atoms with Crippen LogP contribution < -0.4 is 15.5 Å². The van der Waals surface area contributed by atoms with E-state index in [0.29, 0.717) is 5.84 Å². The van der Waals surface area contributed by atoms with E-state index in [1.807, 2.05) is 18.2 Å². The van der Waals surface area contributed by atoms with Crippen molar-refractivity contribution in [2.24, 2.45) is 0 Å². The van der Waals surface area contributed by atoms with Gasteiger partial charge in [-0.2, -0.15) is 0 Å². The molecule has 4 nitrogen and oxygen atoms in total. The van der Waals surface area contributed by atoms with Crippen LogP contribution in [0.4, 0.5) is 17.1 Å². The maximum Gasteiger partial charge on any atom is 0.132 e. The van der Waals surface area contributed by atoms with Gasteiger partial charge in [0.05, 0.1) is 11.4 Å². The lowest BCUT2D eigenvalue weighted by Crippen LogP contribution is -2.24. The summed E-state index contributed by atoms with van der Waals surface area (Å²) in [7, 11) is 0. The largest absolute Gasteiger partial charge is 0.340 e. The minimum Gasteiger partial charge on any atom is -0.340 e. The normalized spacial score (nSPS) is 19.9. The predicted octanol–water partition coefficient (Wildman–Crippen LogP) is 3.93. The highest BCUT2D eigenvalue weighted by molar-refractivity contribution is 6.11. The van der Waals surface area contributed by atoms with Crippen molar-refractivity contribution in [2.45, 2.75) is 13.3 Å². The van der Waals surface area contributed by atoms with Crippen LogP contribution in [-0.2, 0) is 0 Å². The lowest BCUT2D eigenvalue weighted by atomic mass is 10.2. The van der Waals surface area contributed by atoms with Crippen LogP contribution in [0.5, 0.6) is 0 Å². The van der Waals surface area contributed by atoms with Gasteiger partial charge in [0.2, 0.25) is 0 Å². The first-order valence-corrected chi connectivity index (χ1v) is 7.52. The highest BCUT2D eigenvalue weighted by Gasteiger charge is 2.29. The summed E-state index contributed by atoms with van der Waals surface area (Å²) in [5.41, 5.74) is 5.52. The summed E-state index contributed by atoms with van der Waals surface area (Å²) < 4.78 is 0. The second-order valence-corrected chi connectivity index (χ2v) is 5.74. The Hall–Kier alpha value is -2.75. The molecule has 1 saturated heterocycles. The number of nitrogens with one attached hydrogen (secondary N) is 3. The number of hydrogen-bond acceptors (Lipinski definition) is 3. The van der Waals surface area contributed by atoms with Gasteiger partial charge in [-0.3, -0.25) is 5.41 Å². The van der Waals surface area contributed by atoms with Crippen molar-refractivity contribution >= 4 is 22.9 Å². The molecule has 0 amide bonds. The van der Waals surface area contributed by atoms with Crippen LogP contribution in [0.15, 0.2) is 59.9 Å². The lowest BCUT2D eigenvalue weighted by molar-refractivity contribution is 1.01. The third-order valence-electron chi connectivity index (χ3n) is 4.21. The summed E-state index contributed by atoms with van der Waals surface area (Å²) in [6.45, 7) is 2.93. The summed E-state index contributed by atoms with van der Waals surface area (Å²) in [4.78, 5) is 2.06. The molecule has 0 spiro atoms. The number of rotatable bonds is 1. The van der Waals surface area contributed by atoms with Gasteiger partial charge in [0.15, 0.2) is 0 Å². The van der Waals surface area contributed by atoms with E-state index in [9.17, 15) is 0 Å². The zero-order valence-electron chi connectivity index (χ0n) is 12.5. The number of para-hydroxylation sites is 1. The van der Waals surface area contributed by atoms with Crippen molar-refractivity contribution in [1.29, 1.82) is 5.41 Å². The Balaban J connectivity index is 1.64. The van der Waals surface area contributed by atoms with Gasteiger partial charge in [-0.25, -0.2) is 0 Å². The molecular weight excluding hydrogens is 272 g/mol. The summed E-state index contributed by atoms with van der Waals surface area (Å²) in [6.07, 6.45) is 0.871. The molecule has 2 aromatic carbocycles. The third-order valence-corrected chi connectivity index (χ3v) is 4.21. The zero-order chi connectivity index (χ0) is 15.1. The molecule has 4 rings (SSSR count). The van der Waals surface area contributed by atoms with Gasteiger partial charge >= 0.3 is 0 Å². The average molecular weight is 290 g/mol. The summed E-state index contributed by atoms with van der Waals surface area (Å²) >= 11 is 0. The van der Waals surface area contributed by atoms with E-state index in [-0.39, 0.29) is 0 Å². The number of aryl methyl sites for hydroxylation is 1. The van der Waals surface area contributed by atoms with Gasteiger partial charge in [0.1, 0.15) is 11.7 Å². The van der Waals surface area contributed by atoms with Crippen molar-refractivity contribution in [3.63, 3.8) is 0 Å². The number of hydrogen-bond donors (Lipinski definition) is 3. The Morgan fingerprint density at radius 2 is 1.77 bits per heavy atom. The van der Waals surface area contributed by atoms with E-state index < -0.39 is 0 Å². The van der Waals surface area contributed by atoms with Gasteiger partial charge < -0.3 is 15.5 Å². The van der Waals surface area contributed by atoms with Crippen LogP contribution in [-0.4, -0.2) is 12.4 Å². The number of nitrogens with zero attached hydrogens (tertiary/aromatic N) is 1. The Bertz CT molecular complexity index is 777. The van der Waals surface area contributed by atoms with Crippen LogP contribution in [0.3, 0.4) is 0 Å². The van der Waals surface area contributed by atoms with Crippen LogP contribution in [0.2, 0.25) is 0 Å². The molecule has 110 valence electrons. The summed E-state index contributed by atoms with van der Waals surface area (Å²) in [5, 5.41) is 15.3. The standard InChI is InChI=1S/C18H18N4/c1-12-7-8-15-16(11-12)21-18(20-15)14-9-10-22(17(14)19)13-5-3-2-4-6-13/h2-8,11,19-21H,9-10H2,1H3/b18-14-,19-17?. The molecule has 3 N–H and O–H groups in total. The van der Waals surface area contributed by atoms with Crippen molar-refractivity contribution in [3.8, 4) is 0 Å². The molecule has 0 radical (unpaired) electrons. The molecule has 0 atom stereocenters. The van der Waals surface area contributed by atoms with Crippen LogP contribution >= 0.6 is 0 Å². The van der Waals surface area contributed by atoms with E-state index in [1.54, 1.807) is 0 Å². The second kappa shape index (κ2) is 4.91. The molecule has 2 aliphatic rings. The Morgan fingerprint density at radius 3 is 2.59 bits per heavy atom. The van der Waals surface area contributed by atoms with E-state index >= 15 is 0 Å². The van der Waals surface area contributed by atoms with Gasteiger partial charge in [0.25, 0.3) is 0 Å². The van der Waals surface area contributed by atoms with Crippen LogP contribution in [0.25, 0.3) is 0 Å². The van der Waals surface area contributed by atoms with E-state index in [2.05, 4.69) is 52.8 Å². The minimum atomic E-state index is 0.575. The minimum absolute atomic E-state index is 0.575. The maximum atomic E-state index is 8.50. The second-order valence-electron chi connectivity index (χ2n) is 5.74. The van der Waals surface area contributed by atoms with Gasteiger partial charge in [-0.1, -0.05) is 24.3 Å². The third kappa shape index (κ3) is 2.04.